The Balaban J connectivity index is 1.60. The highest BCUT2D eigenvalue weighted by Gasteiger charge is 2.15. The molecule has 0 spiro atoms. The first kappa shape index (κ1) is 16.9. The van der Waals surface area contributed by atoms with Crippen molar-refractivity contribution in [2.45, 2.75) is 17.7 Å². The third-order valence-corrected chi connectivity index (χ3v) is 4.70. The maximum Gasteiger partial charge on any atom is 0.138 e. The van der Waals surface area contributed by atoms with Gasteiger partial charge in [0.2, 0.25) is 0 Å². The van der Waals surface area contributed by atoms with Crippen LogP contribution in [0.5, 0.6) is 0 Å². The van der Waals surface area contributed by atoms with Crippen LogP contribution in [-0.4, -0.2) is 39.0 Å². The Morgan fingerprint density at radius 3 is 2.76 bits per heavy atom. The Morgan fingerprint density at radius 1 is 1.33 bits per heavy atom. The van der Waals surface area contributed by atoms with Crippen LogP contribution in [0, 0.1) is 11.7 Å². The van der Waals surface area contributed by atoms with E-state index < -0.39 is 0 Å². The van der Waals surface area contributed by atoms with E-state index in [-0.39, 0.29) is 5.82 Å². The first-order valence-electron chi connectivity index (χ1n) is 7.39. The monoisotopic (exact) mass is 331 g/mol. The average molecular weight is 332 g/mol. The number of halogens is 2. The summed E-state index contributed by atoms with van der Waals surface area (Å²) in [5.74, 6) is 0.588. The zero-order chi connectivity index (χ0) is 15.1. The van der Waals surface area contributed by atoms with Crippen LogP contribution in [0.4, 0.5) is 10.1 Å². The lowest BCUT2D eigenvalue weighted by Gasteiger charge is -2.27. The minimum Gasteiger partial charge on any atom is -0.384 e. The molecule has 0 aliphatic carbocycles. The number of nitrogens with one attached hydrogen (secondary N) is 3. The van der Waals surface area contributed by atoms with Crippen LogP contribution in [0.15, 0.2) is 17.0 Å². The molecule has 1 aliphatic rings. The zero-order valence-electron chi connectivity index (χ0n) is 12.3. The molecule has 1 heterocycles. The van der Waals surface area contributed by atoms with Gasteiger partial charge in [0, 0.05) is 31.1 Å². The third kappa shape index (κ3) is 5.33. The summed E-state index contributed by atoms with van der Waals surface area (Å²) in [6.45, 7) is 5.24. The normalized spacial score (nSPS) is 15.0. The molecule has 1 fully saturated rings. The Labute approximate surface area is 135 Å². The Bertz CT molecular complexity index is 455. The second-order valence-electron chi connectivity index (χ2n) is 5.33. The molecule has 6 heteroatoms. The molecule has 0 atom stereocenters. The van der Waals surface area contributed by atoms with Gasteiger partial charge in [-0.1, -0.05) is 11.6 Å². The van der Waals surface area contributed by atoms with Gasteiger partial charge in [0.15, 0.2) is 0 Å². The van der Waals surface area contributed by atoms with E-state index >= 15 is 0 Å². The number of hydrogen-bond acceptors (Lipinski definition) is 4. The van der Waals surface area contributed by atoms with Gasteiger partial charge in [0.1, 0.15) is 5.82 Å². The standard InChI is InChI=1S/C15H23ClFN3S/c1-21-15-6-12(16)14(7-13(15)17)20-5-3-2-4-18-8-11-9-19-10-11/h6-7,11,18-20H,2-5,8-10H2,1H3. The number of anilines is 1. The van der Waals surface area contributed by atoms with Crippen molar-refractivity contribution in [1.82, 2.24) is 10.6 Å². The second-order valence-corrected chi connectivity index (χ2v) is 6.58. The van der Waals surface area contributed by atoms with Crippen molar-refractivity contribution < 1.29 is 4.39 Å². The molecule has 1 aliphatic heterocycles. The zero-order valence-corrected chi connectivity index (χ0v) is 13.9. The highest BCUT2D eigenvalue weighted by Crippen LogP contribution is 2.30. The first-order valence-corrected chi connectivity index (χ1v) is 8.99. The van der Waals surface area contributed by atoms with Crippen LogP contribution in [0.3, 0.4) is 0 Å². The molecular formula is C15H23ClFN3S. The molecule has 0 unspecified atom stereocenters. The van der Waals surface area contributed by atoms with Crippen LogP contribution < -0.4 is 16.0 Å². The van der Waals surface area contributed by atoms with Gasteiger partial charge in [-0.05, 0) is 43.7 Å². The summed E-state index contributed by atoms with van der Waals surface area (Å²) in [4.78, 5) is 0.584. The van der Waals surface area contributed by atoms with Gasteiger partial charge in [-0.15, -0.1) is 11.8 Å². The van der Waals surface area contributed by atoms with Crippen molar-refractivity contribution in [1.29, 1.82) is 0 Å². The molecule has 0 radical (unpaired) electrons. The minimum absolute atomic E-state index is 0.217. The van der Waals surface area contributed by atoms with Crippen molar-refractivity contribution in [2.24, 2.45) is 5.92 Å². The summed E-state index contributed by atoms with van der Waals surface area (Å²) >= 11 is 7.50. The largest absolute Gasteiger partial charge is 0.384 e. The number of thioether (sulfide) groups is 1. The van der Waals surface area contributed by atoms with Crippen LogP contribution in [0.2, 0.25) is 5.02 Å². The van der Waals surface area contributed by atoms with E-state index in [1.807, 2.05) is 6.26 Å². The minimum atomic E-state index is -0.217. The van der Waals surface area contributed by atoms with Crippen LogP contribution in [0.1, 0.15) is 12.8 Å². The number of benzene rings is 1. The summed E-state index contributed by atoms with van der Waals surface area (Å²) in [5.41, 5.74) is 0.681. The van der Waals surface area contributed by atoms with Crippen LogP contribution in [0.25, 0.3) is 0 Å². The molecule has 21 heavy (non-hydrogen) atoms. The van der Waals surface area contributed by atoms with Crippen LogP contribution >= 0.6 is 23.4 Å². The van der Waals surface area contributed by atoms with E-state index in [4.69, 9.17) is 11.6 Å². The SMILES string of the molecule is CSc1cc(Cl)c(NCCCCNCC2CNC2)cc1F. The number of unbranched alkanes of at least 4 members (excludes halogenated alkanes) is 1. The Kier molecular flexibility index (Phi) is 7.10. The van der Waals surface area contributed by atoms with Gasteiger partial charge in [0.25, 0.3) is 0 Å². The van der Waals surface area contributed by atoms with Gasteiger partial charge in [-0.3, -0.25) is 0 Å². The molecule has 3 N–H and O–H groups in total. The van der Waals surface area contributed by atoms with Crippen molar-refractivity contribution >= 4 is 29.1 Å². The highest BCUT2D eigenvalue weighted by molar-refractivity contribution is 7.98. The van der Waals surface area contributed by atoms with Crippen molar-refractivity contribution in [3.63, 3.8) is 0 Å². The van der Waals surface area contributed by atoms with Crippen molar-refractivity contribution in [3.8, 4) is 0 Å². The van der Waals surface area contributed by atoms with E-state index in [1.54, 1.807) is 6.07 Å². The maximum absolute atomic E-state index is 13.7. The van der Waals surface area contributed by atoms with Gasteiger partial charge in [0.05, 0.1) is 10.7 Å². The third-order valence-electron chi connectivity index (χ3n) is 3.64. The quantitative estimate of drug-likeness (QED) is 0.480. The molecule has 0 bridgehead atoms. The molecule has 3 nitrogen and oxygen atoms in total. The van der Waals surface area contributed by atoms with Gasteiger partial charge >= 0.3 is 0 Å². The van der Waals surface area contributed by atoms with E-state index in [2.05, 4.69) is 16.0 Å². The topological polar surface area (TPSA) is 36.1 Å². The molecule has 2 rings (SSSR count). The van der Waals surface area contributed by atoms with Gasteiger partial charge < -0.3 is 16.0 Å². The summed E-state index contributed by atoms with van der Waals surface area (Å²) in [5, 5.41) is 10.5. The molecule has 0 amide bonds. The van der Waals surface area contributed by atoms with Gasteiger partial charge in [-0.2, -0.15) is 0 Å². The molecule has 0 saturated carbocycles. The summed E-state index contributed by atoms with van der Waals surface area (Å²) < 4.78 is 13.7. The lowest BCUT2D eigenvalue weighted by molar-refractivity contribution is 0.331. The van der Waals surface area contributed by atoms with Crippen molar-refractivity contribution in [3.05, 3.63) is 23.0 Å². The second kappa shape index (κ2) is 8.83. The molecule has 118 valence electrons. The molecular weight excluding hydrogens is 309 g/mol. The molecule has 0 aromatic heterocycles. The molecule has 1 aromatic rings. The highest BCUT2D eigenvalue weighted by atomic mass is 35.5. The predicted octanol–water partition coefficient (Wildman–Crippen LogP) is 3.20. The maximum atomic E-state index is 13.7. The fraction of sp³-hybridized carbons (Fsp3) is 0.600. The molecule has 1 saturated heterocycles. The average Bonchev–Trinajstić information content (AvgIpc) is 2.42. The van der Waals surface area contributed by atoms with Gasteiger partial charge in [-0.25, -0.2) is 4.39 Å². The van der Waals surface area contributed by atoms with E-state index in [0.717, 1.165) is 51.5 Å². The fourth-order valence-electron chi connectivity index (χ4n) is 2.22. The molecule has 1 aromatic carbocycles. The Morgan fingerprint density at radius 2 is 2.10 bits per heavy atom. The van der Waals surface area contributed by atoms with E-state index in [1.165, 1.54) is 17.8 Å². The predicted molar refractivity (Wildman–Crippen MR) is 90.1 cm³/mol. The smallest absolute Gasteiger partial charge is 0.138 e. The number of hydrogen-bond donors (Lipinski definition) is 3. The first-order chi connectivity index (χ1) is 10.2. The van der Waals surface area contributed by atoms with E-state index in [0.29, 0.717) is 15.6 Å². The lowest BCUT2D eigenvalue weighted by atomic mass is 10.0. The van der Waals surface area contributed by atoms with E-state index in [9.17, 15) is 4.39 Å². The lowest BCUT2D eigenvalue weighted by Crippen LogP contribution is -2.47. The summed E-state index contributed by atoms with van der Waals surface area (Å²) in [6, 6.07) is 3.16. The number of rotatable bonds is 9. The summed E-state index contributed by atoms with van der Waals surface area (Å²) in [7, 11) is 0. The fourth-order valence-corrected chi connectivity index (χ4v) is 3.00. The van der Waals surface area contributed by atoms with Crippen molar-refractivity contribution in [2.75, 3.05) is 44.3 Å². The summed E-state index contributed by atoms with van der Waals surface area (Å²) in [6.07, 6.45) is 3.99. The Hall–Kier alpha value is -0.490. The van der Waals surface area contributed by atoms with Crippen LogP contribution in [-0.2, 0) is 0 Å².